The fourth-order valence-corrected chi connectivity index (χ4v) is 1.92. The lowest BCUT2D eigenvalue weighted by Gasteiger charge is -2.06. The number of pyridine rings is 1. The van der Waals surface area contributed by atoms with Crippen molar-refractivity contribution in [3.63, 3.8) is 0 Å². The van der Waals surface area contributed by atoms with Gasteiger partial charge in [0.15, 0.2) is 0 Å². The summed E-state index contributed by atoms with van der Waals surface area (Å²) in [5, 5.41) is 2.22. The van der Waals surface area contributed by atoms with Gasteiger partial charge < -0.3 is 9.47 Å². The van der Waals surface area contributed by atoms with Crippen molar-refractivity contribution >= 4 is 10.8 Å². The van der Waals surface area contributed by atoms with Gasteiger partial charge in [-0.05, 0) is 41.1 Å². The largest absolute Gasteiger partial charge is 0.497 e. The molecular weight excluding hydrogens is 238 g/mol. The van der Waals surface area contributed by atoms with E-state index in [1.165, 1.54) is 0 Å². The third-order valence-electron chi connectivity index (χ3n) is 2.88. The zero-order chi connectivity index (χ0) is 13.1. The van der Waals surface area contributed by atoms with Gasteiger partial charge in [-0.25, -0.2) is 4.98 Å². The molecule has 0 amide bonds. The maximum absolute atomic E-state index is 5.70. The first-order valence-electron chi connectivity index (χ1n) is 6.02. The van der Waals surface area contributed by atoms with Crippen molar-refractivity contribution < 1.29 is 9.47 Å². The van der Waals surface area contributed by atoms with E-state index in [0.29, 0.717) is 5.88 Å². The quantitative estimate of drug-likeness (QED) is 0.704. The molecule has 19 heavy (non-hydrogen) atoms. The molecule has 0 radical (unpaired) electrons. The third kappa shape index (κ3) is 2.50. The van der Waals surface area contributed by atoms with E-state index in [-0.39, 0.29) is 0 Å². The molecule has 3 nitrogen and oxygen atoms in total. The van der Waals surface area contributed by atoms with E-state index >= 15 is 0 Å². The highest BCUT2D eigenvalue weighted by molar-refractivity contribution is 5.85. The van der Waals surface area contributed by atoms with Crippen LogP contribution in [0.4, 0.5) is 0 Å². The molecule has 0 bridgehead atoms. The minimum Gasteiger partial charge on any atom is -0.497 e. The Morgan fingerprint density at radius 2 is 1.58 bits per heavy atom. The maximum atomic E-state index is 5.70. The molecule has 0 aliphatic carbocycles. The van der Waals surface area contributed by atoms with Gasteiger partial charge in [0.1, 0.15) is 11.5 Å². The van der Waals surface area contributed by atoms with Crippen LogP contribution in [0.2, 0.25) is 0 Å². The molecule has 0 unspecified atom stereocenters. The van der Waals surface area contributed by atoms with Gasteiger partial charge in [0.25, 0.3) is 0 Å². The molecule has 2 aromatic carbocycles. The van der Waals surface area contributed by atoms with Crippen LogP contribution in [-0.2, 0) is 0 Å². The number of hydrogen-bond acceptors (Lipinski definition) is 3. The zero-order valence-electron chi connectivity index (χ0n) is 10.5. The summed E-state index contributed by atoms with van der Waals surface area (Å²) in [4.78, 5) is 4.14. The Balaban J connectivity index is 1.94. The summed E-state index contributed by atoms with van der Waals surface area (Å²) in [7, 11) is 1.67. The number of ether oxygens (including phenoxy) is 2. The standard InChI is InChI=1S/C16H13NO2/c1-18-14-7-5-13-11-15(8-6-12(13)10-14)19-16-4-2-3-9-17-16/h2-11H,1H3. The maximum Gasteiger partial charge on any atom is 0.219 e. The average Bonchev–Trinajstić information content (AvgIpc) is 2.48. The van der Waals surface area contributed by atoms with Crippen LogP contribution in [0.15, 0.2) is 60.8 Å². The first kappa shape index (κ1) is 11.5. The molecular formula is C16H13NO2. The highest BCUT2D eigenvalue weighted by Crippen LogP contribution is 2.26. The van der Waals surface area contributed by atoms with Crippen LogP contribution in [0.5, 0.6) is 17.4 Å². The molecule has 1 aromatic heterocycles. The summed E-state index contributed by atoms with van der Waals surface area (Å²) >= 11 is 0. The van der Waals surface area contributed by atoms with Crippen molar-refractivity contribution in [1.82, 2.24) is 4.98 Å². The van der Waals surface area contributed by atoms with Crippen molar-refractivity contribution in [3.05, 3.63) is 60.8 Å². The molecule has 0 N–H and O–H groups in total. The summed E-state index contributed by atoms with van der Waals surface area (Å²) in [6.07, 6.45) is 1.71. The third-order valence-corrected chi connectivity index (χ3v) is 2.88. The zero-order valence-corrected chi connectivity index (χ0v) is 10.5. The van der Waals surface area contributed by atoms with Crippen LogP contribution in [0.1, 0.15) is 0 Å². The second-order valence-corrected chi connectivity index (χ2v) is 4.14. The Kier molecular flexibility index (Phi) is 3.02. The Labute approximate surface area is 111 Å². The number of benzene rings is 2. The van der Waals surface area contributed by atoms with Crippen LogP contribution in [0, 0.1) is 0 Å². The van der Waals surface area contributed by atoms with E-state index in [2.05, 4.69) is 4.98 Å². The minimum atomic E-state index is 0.593. The Morgan fingerprint density at radius 1 is 0.842 bits per heavy atom. The van der Waals surface area contributed by atoms with Gasteiger partial charge in [0, 0.05) is 12.3 Å². The molecule has 0 saturated heterocycles. The molecule has 0 aliphatic rings. The van der Waals surface area contributed by atoms with Gasteiger partial charge in [0.05, 0.1) is 7.11 Å². The number of rotatable bonds is 3. The van der Waals surface area contributed by atoms with Crippen LogP contribution < -0.4 is 9.47 Å². The molecule has 1 heterocycles. The van der Waals surface area contributed by atoms with Gasteiger partial charge in [-0.3, -0.25) is 0 Å². The minimum absolute atomic E-state index is 0.593. The number of methoxy groups -OCH3 is 1. The van der Waals surface area contributed by atoms with Crippen LogP contribution >= 0.6 is 0 Å². The molecule has 0 atom stereocenters. The van der Waals surface area contributed by atoms with E-state index in [9.17, 15) is 0 Å². The molecule has 3 heteroatoms. The lowest BCUT2D eigenvalue weighted by molar-refractivity contribution is 0.415. The molecule has 0 spiro atoms. The lowest BCUT2D eigenvalue weighted by Crippen LogP contribution is -1.87. The van der Waals surface area contributed by atoms with Gasteiger partial charge >= 0.3 is 0 Å². The van der Waals surface area contributed by atoms with Crippen LogP contribution in [0.3, 0.4) is 0 Å². The number of aromatic nitrogens is 1. The van der Waals surface area contributed by atoms with E-state index in [1.807, 2.05) is 54.6 Å². The van der Waals surface area contributed by atoms with Crippen LogP contribution in [-0.4, -0.2) is 12.1 Å². The first-order valence-corrected chi connectivity index (χ1v) is 6.02. The van der Waals surface area contributed by atoms with E-state index in [0.717, 1.165) is 22.3 Å². The topological polar surface area (TPSA) is 31.4 Å². The first-order chi connectivity index (χ1) is 9.35. The lowest BCUT2D eigenvalue weighted by atomic mass is 10.1. The van der Waals surface area contributed by atoms with Gasteiger partial charge in [-0.15, -0.1) is 0 Å². The SMILES string of the molecule is COc1ccc2cc(Oc3ccccn3)ccc2c1. The molecule has 0 saturated carbocycles. The van der Waals surface area contributed by atoms with Crippen LogP contribution in [0.25, 0.3) is 10.8 Å². The normalized spacial score (nSPS) is 10.4. The highest BCUT2D eigenvalue weighted by Gasteiger charge is 2.01. The summed E-state index contributed by atoms with van der Waals surface area (Å²) < 4.78 is 10.9. The van der Waals surface area contributed by atoms with Gasteiger partial charge in [0.2, 0.25) is 5.88 Å². The van der Waals surface area contributed by atoms with Crippen molar-refractivity contribution in [1.29, 1.82) is 0 Å². The van der Waals surface area contributed by atoms with E-state index in [1.54, 1.807) is 13.3 Å². The molecule has 3 aromatic rings. The number of nitrogens with zero attached hydrogens (tertiary/aromatic N) is 1. The fourth-order valence-electron chi connectivity index (χ4n) is 1.92. The van der Waals surface area contributed by atoms with E-state index < -0.39 is 0 Å². The monoisotopic (exact) mass is 251 g/mol. The van der Waals surface area contributed by atoms with Gasteiger partial charge in [-0.1, -0.05) is 18.2 Å². The number of fused-ring (bicyclic) bond motifs is 1. The molecule has 0 fully saturated rings. The van der Waals surface area contributed by atoms with E-state index in [4.69, 9.17) is 9.47 Å². The molecule has 94 valence electrons. The number of hydrogen-bond donors (Lipinski definition) is 0. The fraction of sp³-hybridized carbons (Fsp3) is 0.0625. The van der Waals surface area contributed by atoms with Crippen molar-refractivity contribution in [3.8, 4) is 17.4 Å². The van der Waals surface area contributed by atoms with Crippen molar-refractivity contribution in [2.75, 3.05) is 7.11 Å². The highest BCUT2D eigenvalue weighted by atomic mass is 16.5. The summed E-state index contributed by atoms with van der Waals surface area (Å²) in [6.45, 7) is 0. The predicted molar refractivity (Wildman–Crippen MR) is 74.8 cm³/mol. The second-order valence-electron chi connectivity index (χ2n) is 4.14. The predicted octanol–water partition coefficient (Wildman–Crippen LogP) is 4.04. The van der Waals surface area contributed by atoms with Crippen molar-refractivity contribution in [2.45, 2.75) is 0 Å². The van der Waals surface area contributed by atoms with Gasteiger partial charge in [-0.2, -0.15) is 0 Å². The molecule has 3 rings (SSSR count). The Morgan fingerprint density at radius 3 is 2.26 bits per heavy atom. The van der Waals surface area contributed by atoms with Crippen molar-refractivity contribution in [2.24, 2.45) is 0 Å². The smallest absolute Gasteiger partial charge is 0.219 e. The Hall–Kier alpha value is -2.55. The summed E-state index contributed by atoms with van der Waals surface area (Å²) in [5.41, 5.74) is 0. The summed E-state index contributed by atoms with van der Waals surface area (Å²) in [5.74, 6) is 2.22. The Bertz CT molecular complexity index is 695. The average molecular weight is 251 g/mol. The second kappa shape index (κ2) is 4.98. The summed E-state index contributed by atoms with van der Waals surface area (Å²) in [6, 6.07) is 17.5. The molecule has 0 aliphatic heterocycles.